The number of nitro groups is 1. The molecule has 0 atom stereocenters. The van der Waals surface area contributed by atoms with Gasteiger partial charge in [0.2, 0.25) is 5.95 Å². The number of rotatable bonds is 10. The molecule has 1 rings (SSSR count). The van der Waals surface area contributed by atoms with Crippen molar-refractivity contribution in [2.24, 2.45) is 0 Å². The van der Waals surface area contributed by atoms with Crippen molar-refractivity contribution < 1.29 is 19.1 Å². The number of ether oxygens (including phenoxy) is 3. The highest BCUT2D eigenvalue weighted by Gasteiger charge is 2.23. The molecular weight excluding hydrogens is 280 g/mol. The number of nitrogens with zero attached hydrogens (tertiary/aromatic N) is 3. The standard InChI is InChI=1S/C12H20N4O5/c1-9-10(16(17)18)11(15-12(13-2)14-9)21-8-7-20-6-4-5-19-3/h4-8H2,1-3H3,(H,13,14,15). The van der Waals surface area contributed by atoms with Crippen molar-refractivity contribution in [3.63, 3.8) is 0 Å². The first-order valence-corrected chi connectivity index (χ1v) is 6.50. The van der Waals surface area contributed by atoms with Crippen LogP contribution in [0, 0.1) is 17.0 Å². The van der Waals surface area contributed by atoms with Crippen LogP contribution in [0.3, 0.4) is 0 Å². The fourth-order valence-corrected chi connectivity index (χ4v) is 1.57. The van der Waals surface area contributed by atoms with Crippen molar-refractivity contribution in [3.05, 3.63) is 15.8 Å². The normalized spacial score (nSPS) is 10.4. The fourth-order valence-electron chi connectivity index (χ4n) is 1.57. The van der Waals surface area contributed by atoms with Crippen molar-refractivity contribution >= 4 is 11.6 Å². The van der Waals surface area contributed by atoms with Gasteiger partial charge in [-0.05, 0) is 13.3 Å². The molecule has 0 aliphatic heterocycles. The van der Waals surface area contributed by atoms with E-state index in [1.165, 1.54) is 6.92 Å². The Hall–Kier alpha value is -2.00. The zero-order chi connectivity index (χ0) is 15.7. The van der Waals surface area contributed by atoms with E-state index in [0.717, 1.165) is 6.42 Å². The summed E-state index contributed by atoms with van der Waals surface area (Å²) in [6.45, 7) is 3.20. The van der Waals surface area contributed by atoms with Gasteiger partial charge in [-0.15, -0.1) is 0 Å². The van der Waals surface area contributed by atoms with Crippen LogP contribution in [0.5, 0.6) is 5.88 Å². The molecule has 9 nitrogen and oxygen atoms in total. The van der Waals surface area contributed by atoms with Gasteiger partial charge in [-0.1, -0.05) is 0 Å². The number of aryl methyl sites for hydroxylation is 1. The number of anilines is 1. The van der Waals surface area contributed by atoms with Crippen molar-refractivity contribution in [2.45, 2.75) is 13.3 Å². The molecule has 1 aromatic rings. The smallest absolute Gasteiger partial charge is 0.352 e. The second-order valence-electron chi connectivity index (χ2n) is 4.10. The largest absolute Gasteiger partial charge is 0.470 e. The molecule has 1 aromatic heterocycles. The second-order valence-corrected chi connectivity index (χ2v) is 4.10. The quantitative estimate of drug-likeness (QED) is 0.389. The first kappa shape index (κ1) is 17.1. The molecule has 1 N–H and O–H groups in total. The lowest BCUT2D eigenvalue weighted by Crippen LogP contribution is -2.12. The Kier molecular flexibility index (Phi) is 7.33. The zero-order valence-electron chi connectivity index (χ0n) is 12.4. The summed E-state index contributed by atoms with van der Waals surface area (Å²) in [7, 11) is 3.25. The predicted octanol–water partition coefficient (Wildman–Crippen LogP) is 1.17. The Morgan fingerprint density at radius 3 is 2.62 bits per heavy atom. The summed E-state index contributed by atoms with van der Waals surface area (Å²) in [4.78, 5) is 18.4. The Balaban J connectivity index is 2.56. The van der Waals surface area contributed by atoms with Crippen LogP contribution in [0.4, 0.5) is 11.6 Å². The highest BCUT2D eigenvalue weighted by molar-refractivity contribution is 5.48. The van der Waals surface area contributed by atoms with E-state index in [9.17, 15) is 10.1 Å². The van der Waals surface area contributed by atoms with Gasteiger partial charge in [0.25, 0.3) is 5.88 Å². The summed E-state index contributed by atoms with van der Waals surface area (Å²) >= 11 is 0. The summed E-state index contributed by atoms with van der Waals surface area (Å²) in [5.41, 5.74) is 0.0174. The molecule has 0 aliphatic carbocycles. The van der Waals surface area contributed by atoms with Crippen molar-refractivity contribution in [2.75, 3.05) is 45.9 Å². The van der Waals surface area contributed by atoms with E-state index in [0.29, 0.717) is 19.8 Å². The maximum absolute atomic E-state index is 11.0. The van der Waals surface area contributed by atoms with Gasteiger partial charge in [-0.2, -0.15) is 4.98 Å². The molecule has 21 heavy (non-hydrogen) atoms. The molecule has 9 heteroatoms. The van der Waals surface area contributed by atoms with Gasteiger partial charge in [0.15, 0.2) is 0 Å². The van der Waals surface area contributed by atoms with E-state index in [4.69, 9.17) is 14.2 Å². The lowest BCUT2D eigenvalue weighted by Gasteiger charge is -2.09. The SMILES string of the molecule is CNc1nc(C)c([N+](=O)[O-])c(OCCOCCCOC)n1. The highest BCUT2D eigenvalue weighted by atomic mass is 16.6. The monoisotopic (exact) mass is 300 g/mol. The van der Waals surface area contributed by atoms with E-state index >= 15 is 0 Å². The molecule has 0 saturated heterocycles. The molecular formula is C12H20N4O5. The van der Waals surface area contributed by atoms with Crippen LogP contribution < -0.4 is 10.1 Å². The van der Waals surface area contributed by atoms with Crippen molar-refractivity contribution in [1.29, 1.82) is 0 Å². The first-order chi connectivity index (χ1) is 10.1. The molecule has 0 spiro atoms. The highest BCUT2D eigenvalue weighted by Crippen LogP contribution is 2.28. The fraction of sp³-hybridized carbons (Fsp3) is 0.667. The number of hydrogen-bond acceptors (Lipinski definition) is 8. The van der Waals surface area contributed by atoms with Gasteiger partial charge in [-0.25, -0.2) is 4.98 Å². The Morgan fingerprint density at radius 2 is 2.00 bits per heavy atom. The van der Waals surface area contributed by atoms with E-state index < -0.39 is 4.92 Å². The Labute approximate surface area is 122 Å². The molecule has 0 aliphatic rings. The summed E-state index contributed by atoms with van der Waals surface area (Å²) in [5, 5.41) is 13.8. The van der Waals surface area contributed by atoms with Gasteiger partial charge in [-0.3, -0.25) is 10.1 Å². The average molecular weight is 300 g/mol. The van der Waals surface area contributed by atoms with Crippen LogP contribution >= 0.6 is 0 Å². The van der Waals surface area contributed by atoms with Crippen LogP contribution in [0.15, 0.2) is 0 Å². The molecule has 0 saturated carbocycles. The van der Waals surface area contributed by atoms with Crippen LogP contribution in [-0.4, -0.2) is 55.5 Å². The van der Waals surface area contributed by atoms with Gasteiger partial charge in [0.05, 0.1) is 11.5 Å². The third-order valence-electron chi connectivity index (χ3n) is 2.54. The number of nitrogens with one attached hydrogen (secondary N) is 1. The molecule has 1 heterocycles. The zero-order valence-corrected chi connectivity index (χ0v) is 12.4. The molecule has 0 amide bonds. The number of aromatic nitrogens is 2. The summed E-state index contributed by atoms with van der Waals surface area (Å²) in [6.07, 6.45) is 0.785. The minimum Gasteiger partial charge on any atom is -0.470 e. The topological polar surface area (TPSA) is 109 Å². The third kappa shape index (κ3) is 5.48. The molecule has 0 radical (unpaired) electrons. The van der Waals surface area contributed by atoms with Gasteiger partial charge in [0.1, 0.15) is 12.3 Å². The first-order valence-electron chi connectivity index (χ1n) is 6.50. The van der Waals surface area contributed by atoms with Crippen molar-refractivity contribution in [3.8, 4) is 5.88 Å². The average Bonchev–Trinajstić information content (AvgIpc) is 2.45. The lowest BCUT2D eigenvalue weighted by molar-refractivity contribution is -0.387. The summed E-state index contributed by atoms with van der Waals surface area (Å²) < 4.78 is 15.5. The molecule has 0 fully saturated rings. The van der Waals surface area contributed by atoms with Crippen molar-refractivity contribution in [1.82, 2.24) is 9.97 Å². The predicted molar refractivity (Wildman–Crippen MR) is 75.8 cm³/mol. The van der Waals surface area contributed by atoms with Crippen LogP contribution in [0.2, 0.25) is 0 Å². The lowest BCUT2D eigenvalue weighted by atomic mass is 10.3. The van der Waals surface area contributed by atoms with Crippen LogP contribution in [0.25, 0.3) is 0 Å². The molecule has 118 valence electrons. The van der Waals surface area contributed by atoms with E-state index in [2.05, 4.69) is 15.3 Å². The summed E-state index contributed by atoms with van der Waals surface area (Å²) in [5.74, 6) is 0.214. The second kappa shape index (κ2) is 9.03. The molecule has 0 aromatic carbocycles. The third-order valence-corrected chi connectivity index (χ3v) is 2.54. The van der Waals surface area contributed by atoms with Gasteiger partial charge in [0, 0.05) is 27.4 Å². The molecule has 0 bridgehead atoms. The minimum atomic E-state index is -0.552. The van der Waals surface area contributed by atoms with E-state index in [-0.39, 0.29) is 29.8 Å². The van der Waals surface area contributed by atoms with Crippen LogP contribution in [-0.2, 0) is 9.47 Å². The van der Waals surface area contributed by atoms with E-state index in [1.807, 2.05) is 0 Å². The number of hydrogen-bond donors (Lipinski definition) is 1. The maximum Gasteiger partial charge on any atom is 0.352 e. The maximum atomic E-state index is 11.0. The minimum absolute atomic E-state index is 0.0580. The van der Waals surface area contributed by atoms with Gasteiger partial charge < -0.3 is 19.5 Å². The summed E-state index contributed by atoms with van der Waals surface area (Å²) in [6, 6.07) is 0. The Bertz CT molecular complexity index is 469. The van der Waals surface area contributed by atoms with E-state index in [1.54, 1.807) is 14.2 Å². The molecule has 0 unspecified atom stereocenters. The van der Waals surface area contributed by atoms with Crippen LogP contribution in [0.1, 0.15) is 12.1 Å². The van der Waals surface area contributed by atoms with Gasteiger partial charge >= 0.3 is 5.69 Å². The number of methoxy groups -OCH3 is 1. The Morgan fingerprint density at radius 1 is 1.24 bits per heavy atom.